The first-order valence-corrected chi connectivity index (χ1v) is 6.36. The molecule has 3 heterocycles. The van der Waals surface area contributed by atoms with Crippen LogP contribution < -0.4 is 5.32 Å². The van der Waals surface area contributed by atoms with E-state index in [1.165, 1.54) is 38.2 Å². The number of hydrogen-bond donors (Lipinski definition) is 1. The van der Waals surface area contributed by atoms with Crippen LogP contribution in [0.3, 0.4) is 0 Å². The van der Waals surface area contributed by atoms with Crippen molar-refractivity contribution in [3.05, 3.63) is 18.2 Å². The molecule has 0 amide bonds. The first-order valence-electron chi connectivity index (χ1n) is 6.36. The molecule has 1 aromatic rings. The summed E-state index contributed by atoms with van der Waals surface area (Å²) in [6.45, 7) is 7.06. The Morgan fingerprint density at radius 1 is 1.31 bits per heavy atom. The number of hydrogen-bond acceptors (Lipinski definition) is 3. The van der Waals surface area contributed by atoms with Gasteiger partial charge >= 0.3 is 0 Å². The second-order valence-electron chi connectivity index (χ2n) is 4.90. The summed E-state index contributed by atoms with van der Waals surface area (Å²) in [6.07, 6.45) is 6.68. The number of imidazole rings is 1. The summed E-state index contributed by atoms with van der Waals surface area (Å²) < 4.78 is 2.33. The molecule has 2 aliphatic rings. The zero-order valence-corrected chi connectivity index (χ0v) is 9.73. The van der Waals surface area contributed by atoms with Crippen LogP contribution in [0.25, 0.3) is 0 Å². The fourth-order valence-corrected chi connectivity index (χ4v) is 2.90. The molecule has 0 bridgehead atoms. The Hall–Kier alpha value is -0.870. The summed E-state index contributed by atoms with van der Waals surface area (Å²) >= 11 is 0. The molecule has 3 rings (SSSR count). The fraction of sp³-hybridized carbons (Fsp3) is 0.750. The Balaban J connectivity index is 1.67. The minimum absolute atomic E-state index is 0.703. The standard InChI is InChI=1S/C12H20N4/c1-2-11(9-15-6-3-13-4-7-15)12-8-14-10-16(12)5-1/h8,10-11,13H,1-7,9H2. The number of aryl methyl sites for hydroxylation is 1. The first-order chi connectivity index (χ1) is 7.93. The van der Waals surface area contributed by atoms with Gasteiger partial charge in [-0.1, -0.05) is 0 Å². The number of aromatic nitrogens is 2. The normalized spacial score (nSPS) is 26.6. The average molecular weight is 220 g/mol. The van der Waals surface area contributed by atoms with Gasteiger partial charge in [0.05, 0.1) is 6.33 Å². The van der Waals surface area contributed by atoms with Crippen LogP contribution >= 0.6 is 0 Å². The topological polar surface area (TPSA) is 33.1 Å². The van der Waals surface area contributed by atoms with Gasteiger partial charge in [0, 0.05) is 57.1 Å². The molecule has 1 aromatic heterocycles. The van der Waals surface area contributed by atoms with Crippen LogP contribution in [0.2, 0.25) is 0 Å². The van der Waals surface area contributed by atoms with Gasteiger partial charge in [0.2, 0.25) is 0 Å². The molecule has 1 unspecified atom stereocenters. The summed E-state index contributed by atoms with van der Waals surface area (Å²) in [5.41, 5.74) is 1.45. The maximum atomic E-state index is 4.28. The predicted octanol–water partition coefficient (Wildman–Crippen LogP) is 0.666. The molecular formula is C12H20N4. The van der Waals surface area contributed by atoms with E-state index in [9.17, 15) is 0 Å². The zero-order valence-electron chi connectivity index (χ0n) is 9.73. The molecular weight excluding hydrogens is 200 g/mol. The van der Waals surface area contributed by atoms with E-state index in [1.54, 1.807) is 0 Å². The predicted molar refractivity (Wildman–Crippen MR) is 63.5 cm³/mol. The van der Waals surface area contributed by atoms with Gasteiger partial charge in [-0.15, -0.1) is 0 Å². The highest BCUT2D eigenvalue weighted by Crippen LogP contribution is 2.27. The van der Waals surface area contributed by atoms with E-state index < -0.39 is 0 Å². The lowest BCUT2D eigenvalue weighted by Crippen LogP contribution is -2.45. The summed E-state index contributed by atoms with van der Waals surface area (Å²) in [5.74, 6) is 0.703. The molecule has 0 spiro atoms. The number of rotatable bonds is 2. The van der Waals surface area contributed by atoms with Crippen LogP contribution in [0.15, 0.2) is 12.5 Å². The first kappa shape index (κ1) is 10.3. The maximum Gasteiger partial charge on any atom is 0.0948 e. The van der Waals surface area contributed by atoms with Crippen LogP contribution in [0.1, 0.15) is 24.5 Å². The van der Waals surface area contributed by atoms with Gasteiger partial charge in [-0.2, -0.15) is 0 Å². The summed E-state index contributed by atoms with van der Waals surface area (Å²) in [5, 5.41) is 3.41. The fourth-order valence-electron chi connectivity index (χ4n) is 2.90. The molecule has 16 heavy (non-hydrogen) atoms. The van der Waals surface area contributed by atoms with Crippen molar-refractivity contribution in [2.24, 2.45) is 0 Å². The molecule has 0 aliphatic carbocycles. The smallest absolute Gasteiger partial charge is 0.0948 e. The van der Waals surface area contributed by atoms with E-state index in [1.807, 2.05) is 6.33 Å². The minimum atomic E-state index is 0.703. The van der Waals surface area contributed by atoms with E-state index in [0.29, 0.717) is 5.92 Å². The van der Waals surface area contributed by atoms with Crippen LogP contribution in [-0.4, -0.2) is 47.2 Å². The van der Waals surface area contributed by atoms with Crippen LogP contribution in [-0.2, 0) is 6.54 Å². The molecule has 0 saturated carbocycles. The number of fused-ring (bicyclic) bond motifs is 1. The van der Waals surface area contributed by atoms with E-state index in [4.69, 9.17) is 0 Å². The van der Waals surface area contributed by atoms with Crippen LogP contribution in [0.4, 0.5) is 0 Å². The summed E-state index contributed by atoms with van der Waals surface area (Å²) in [6, 6.07) is 0. The van der Waals surface area contributed by atoms with E-state index in [-0.39, 0.29) is 0 Å². The van der Waals surface area contributed by atoms with Gasteiger partial charge in [-0.25, -0.2) is 4.98 Å². The molecule has 1 N–H and O–H groups in total. The average Bonchev–Trinajstić information content (AvgIpc) is 2.80. The summed E-state index contributed by atoms with van der Waals surface area (Å²) in [7, 11) is 0. The summed E-state index contributed by atoms with van der Waals surface area (Å²) in [4.78, 5) is 6.87. The lowest BCUT2D eigenvalue weighted by atomic mass is 9.95. The van der Waals surface area contributed by atoms with Gasteiger partial charge in [0.1, 0.15) is 0 Å². The molecule has 4 heteroatoms. The SMILES string of the molecule is c1ncn2c1C(CN1CCNCC1)CCC2. The van der Waals surface area contributed by atoms with Crippen molar-refractivity contribution in [1.29, 1.82) is 0 Å². The Labute approximate surface area is 96.7 Å². The van der Waals surface area contributed by atoms with Crippen molar-refractivity contribution >= 4 is 0 Å². The number of nitrogens with zero attached hydrogens (tertiary/aromatic N) is 3. The Morgan fingerprint density at radius 3 is 3.06 bits per heavy atom. The van der Waals surface area contributed by atoms with Crippen molar-refractivity contribution in [2.45, 2.75) is 25.3 Å². The Kier molecular flexibility index (Phi) is 2.93. The largest absolute Gasteiger partial charge is 0.334 e. The molecule has 88 valence electrons. The third-order valence-corrected chi connectivity index (χ3v) is 3.80. The molecule has 0 aromatic carbocycles. The van der Waals surface area contributed by atoms with Crippen LogP contribution in [0, 0.1) is 0 Å². The van der Waals surface area contributed by atoms with E-state index in [0.717, 1.165) is 19.6 Å². The lowest BCUT2D eigenvalue weighted by Gasteiger charge is -2.33. The second kappa shape index (κ2) is 4.55. The maximum absolute atomic E-state index is 4.28. The monoisotopic (exact) mass is 220 g/mol. The Morgan fingerprint density at radius 2 is 2.19 bits per heavy atom. The molecule has 0 radical (unpaired) electrons. The number of nitrogens with one attached hydrogen (secondary N) is 1. The van der Waals surface area contributed by atoms with E-state index >= 15 is 0 Å². The van der Waals surface area contributed by atoms with Crippen molar-refractivity contribution < 1.29 is 0 Å². The molecule has 4 nitrogen and oxygen atoms in total. The molecule has 1 atom stereocenters. The quantitative estimate of drug-likeness (QED) is 0.795. The van der Waals surface area contributed by atoms with E-state index in [2.05, 4.69) is 26.0 Å². The van der Waals surface area contributed by atoms with Crippen molar-refractivity contribution in [3.8, 4) is 0 Å². The molecule has 2 aliphatic heterocycles. The van der Waals surface area contributed by atoms with Gasteiger partial charge in [0.15, 0.2) is 0 Å². The highest BCUT2D eigenvalue weighted by Gasteiger charge is 2.23. The minimum Gasteiger partial charge on any atom is -0.334 e. The second-order valence-corrected chi connectivity index (χ2v) is 4.90. The Bertz CT molecular complexity index is 341. The zero-order chi connectivity index (χ0) is 10.8. The molecule has 1 fully saturated rings. The number of piperazine rings is 1. The molecule has 1 saturated heterocycles. The lowest BCUT2D eigenvalue weighted by molar-refractivity contribution is 0.214. The van der Waals surface area contributed by atoms with Gasteiger partial charge in [0.25, 0.3) is 0 Å². The third kappa shape index (κ3) is 1.99. The van der Waals surface area contributed by atoms with Crippen molar-refractivity contribution in [2.75, 3.05) is 32.7 Å². The van der Waals surface area contributed by atoms with Crippen molar-refractivity contribution in [3.63, 3.8) is 0 Å². The van der Waals surface area contributed by atoms with Gasteiger partial charge in [-0.3, -0.25) is 0 Å². The van der Waals surface area contributed by atoms with Crippen molar-refractivity contribution in [1.82, 2.24) is 19.8 Å². The van der Waals surface area contributed by atoms with Crippen LogP contribution in [0.5, 0.6) is 0 Å². The third-order valence-electron chi connectivity index (χ3n) is 3.80. The highest BCUT2D eigenvalue weighted by atomic mass is 15.2. The van der Waals surface area contributed by atoms with Gasteiger partial charge in [-0.05, 0) is 12.8 Å². The highest BCUT2D eigenvalue weighted by molar-refractivity contribution is 5.09. The van der Waals surface area contributed by atoms with Gasteiger partial charge < -0.3 is 14.8 Å².